The van der Waals surface area contributed by atoms with Crippen LogP contribution in [0, 0.1) is 5.82 Å². The van der Waals surface area contributed by atoms with Crippen LogP contribution in [0.15, 0.2) is 18.2 Å². The van der Waals surface area contributed by atoms with Gasteiger partial charge in [0.2, 0.25) is 0 Å². The Hall–Kier alpha value is -1.66. The lowest BCUT2D eigenvalue weighted by molar-refractivity contribution is 0.0868. The van der Waals surface area contributed by atoms with E-state index in [0.717, 1.165) is 44.8 Å². The Kier molecular flexibility index (Phi) is 6.15. The summed E-state index contributed by atoms with van der Waals surface area (Å²) in [6.45, 7) is 2.49. The Morgan fingerprint density at radius 3 is 2.95 bits per heavy atom. The van der Waals surface area contributed by atoms with Crippen molar-refractivity contribution in [3.05, 3.63) is 29.6 Å². The van der Waals surface area contributed by atoms with Crippen molar-refractivity contribution in [2.24, 2.45) is 0 Å². The molecular weight excluding hydrogens is 287 g/mol. The van der Waals surface area contributed by atoms with Crippen molar-refractivity contribution in [1.82, 2.24) is 10.2 Å². The molecule has 1 saturated heterocycles. The average Bonchev–Trinajstić information content (AvgIpc) is 2.54. The molecule has 3 N–H and O–H groups in total. The van der Waals surface area contributed by atoms with Crippen LogP contribution in [0.3, 0.4) is 0 Å². The number of aliphatic hydroxyl groups excluding tert-OH is 1. The van der Waals surface area contributed by atoms with E-state index in [1.54, 1.807) is 0 Å². The fourth-order valence-corrected chi connectivity index (χ4v) is 2.80. The molecule has 0 spiro atoms. The van der Waals surface area contributed by atoms with Crippen molar-refractivity contribution < 1.29 is 19.4 Å². The number of halogens is 1. The molecule has 0 aliphatic carbocycles. The van der Waals surface area contributed by atoms with Gasteiger partial charge in [-0.1, -0.05) is 6.42 Å². The van der Waals surface area contributed by atoms with Gasteiger partial charge in [0.05, 0.1) is 6.61 Å². The molecule has 0 aromatic heterocycles. The third-order valence-corrected chi connectivity index (χ3v) is 4.08. The molecule has 0 bridgehead atoms. The maximum absolute atomic E-state index is 13.2. The number of aromatic hydroxyl groups is 1. The number of hydrogen-bond donors (Lipinski definition) is 3. The largest absolute Gasteiger partial charge is 0.505 e. The Morgan fingerprint density at radius 2 is 2.23 bits per heavy atom. The molecule has 1 fully saturated rings. The van der Waals surface area contributed by atoms with E-state index in [1.165, 1.54) is 12.1 Å². The van der Waals surface area contributed by atoms with Gasteiger partial charge in [-0.3, -0.25) is 9.69 Å². The maximum Gasteiger partial charge on any atom is 0.251 e. The van der Waals surface area contributed by atoms with Crippen LogP contribution in [-0.4, -0.2) is 53.3 Å². The van der Waals surface area contributed by atoms with Crippen LogP contribution in [-0.2, 0) is 0 Å². The highest BCUT2D eigenvalue weighted by molar-refractivity contribution is 5.94. The number of carbonyl (C=O) groups is 1. The van der Waals surface area contributed by atoms with Crippen LogP contribution in [0.25, 0.3) is 0 Å². The van der Waals surface area contributed by atoms with Gasteiger partial charge in [0, 0.05) is 24.7 Å². The zero-order valence-corrected chi connectivity index (χ0v) is 12.6. The molecule has 122 valence electrons. The van der Waals surface area contributed by atoms with E-state index in [4.69, 9.17) is 5.11 Å². The number of piperidine rings is 1. The normalized spacial score (nSPS) is 19.1. The number of likely N-dealkylation sites (tertiary alicyclic amines) is 1. The van der Waals surface area contributed by atoms with Crippen LogP contribution in [0.2, 0.25) is 0 Å². The monoisotopic (exact) mass is 310 g/mol. The fraction of sp³-hybridized carbons (Fsp3) is 0.562. The van der Waals surface area contributed by atoms with Gasteiger partial charge in [-0.15, -0.1) is 0 Å². The molecule has 1 aromatic rings. The Balaban J connectivity index is 1.73. The van der Waals surface area contributed by atoms with E-state index in [9.17, 15) is 14.3 Å². The summed E-state index contributed by atoms with van der Waals surface area (Å²) in [5, 5.41) is 21.2. The highest BCUT2D eigenvalue weighted by Gasteiger charge is 2.20. The van der Waals surface area contributed by atoms with Crippen LogP contribution >= 0.6 is 0 Å². The lowest BCUT2D eigenvalue weighted by atomic mass is 10.0. The molecule has 0 radical (unpaired) electrons. The molecule has 0 saturated carbocycles. The SMILES string of the molecule is O=C(NCCCN1CCCC[C@H]1CO)c1ccc(O)c(F)c1. The molecule has 1 atom stereocenters. The summed E-state index contributed by atoms with van der Waals surface area (Å²) in [6, 6.07) is 3.82. The summed E-state index contributed by atoms with van der Waals surface area (Å²) < 4.78 is 13.2. The molecule has 1 heterocycles. The minimum atomic E-state index is -0.799. The highest BCUT2D eigenvalue weighted by Crippen LogP contribution is 2.17. The molecule has 0 unspecified atom stereocenters. The first-order valence-electron chi connectivity index (χ1n) is 7.73. The lowest BCUT2D eigenvalue weighted by Gasteiger charge is -2.34. The first-order valence-corrected chi connectivity index (χ1v) is 7.73. The number of carbonyl (C=O) groups excluding carboxylic acids is 1. The predicted octanol–water partition coefficient (Wildman–Crippen LogP) is 1.50. The Labute approximate surface area is 129 Å². The van der Waals surface area contributed by atoms with Crippen molar-refractivity contribution in [3.63, 3.8) is 0 Å². The van der Waals surface area contributed by atoms with E-state index >= 15 is 0 Å². The summed E-state index contributed by atoms with van der Waals surface area (Å²) in [7, 11) is 0. The minimum Gasteiger partial charge on any atom is -0.505 e. The number of nitrogens with one attached hydrogen (secondary N) is 1. The number of benzene rings is 1. The molecule has 1 aliphatic rings. The van der Waals surface area contributed by atoms with Gasteiger partial charge in [0.25, 0.3) is 5.91 Å². The van der Waals surface area contributed by atoms with Crippen LogP contribution in [0.5, 0.6) is 5.75 Å². The summed E-state index contributed by atoms with van der Waals surface area (Å²) in [6.07, 6.45) is 4.11. The van der Waals surface area contributed by atoms with Gasteiger partial charge in [-0.05, 0) is 44.0 Å². The van der Waals surface area contributed by atoms with Crippen molar-refractivity contribution in [1.29, 1.82) is 0 Å². The Bertz CT molecular complexity index is 510. The quantitative estimate of drug-likeness (QED) is 0.696. The summed E-state index contributed by atoms with van der Waals surface area (Å²) in [5.41, 5.74) is 0.196. The van der Waals surface area contributed by atoms with Crippen LogP contribution < -0.4 is 5.32 Å². The molecule has 1 aliphatic heterocycles. The van der Waals surface area contributed by atoms with Gasteiger partial charge < -0.3 is 15.5 Å². The number of phenols is 1. The van der Waals surface area contributed by atoms with Crippen LogP contribution in [0.4, 0.5) is 4.39 Å². The standard InChI is InChI=1S/C16H23FN2O3/c17-14-10-12(5-6-15(14)21)16(22)18-7-3-9-19-8-2-1-4-13(19)11-20/h5-6,10,13,20-21H,1-4,7-9,11H2,(H,18,22)/t13-/m0/s1. The minimum absolute atomic E-state index is 0.180. The topological polar surface area (TPSA) is 72.8 Å². The van der Waals surface area contributed by atoms with Gasteiger partial charge >= 0.3 is 0 Å². The smallest absolute Gasteiger partial charge is 0.251 e. The molecule has 1 amide bonds. The van der Waals surface area contributed by atoms with E-state index < -0.39 is 11.6 Å². The molecule has 5 nitrogen and oxygen atoms in total. The van der Waals surface area contributed by atoms with E-state index in [-0.39, 0.29) is 24.1 Å². The number of hydrogen-bond acceptors (Lipinski definition) is 4. The van der Waals surface area contributed by atoms with Gasteiger partial charge in [-0.2, -0.15) is 0 Å². The van der Waals surface area contributed by atoms with Gasteiger partial charge in [0.15, 0.2) is 11.6 Å². The Morgan fingerprint density at radius 1 is 1.41 bits per heavy atom. The maximum atomic E-state index is 13.2. The molecule has 22 heavy (non-hydrogen) atoms. The number of phenolic OH excluding ortho intramolecular Hbond substituents is 1. The first-order chi connectivity index (χ1) is 10.6. The summed E-state index contributed by atoms with van der Waals surface area (Å²) in [5.74, 6) is -1.61. The number of amides is 1. The van der Waals surface area contributed by atoms with E-state index in [0.29, 0.717) is 6.54 Å². The highest BCUT2D eigenvalue weighted by atomic mass is 19.1. The van der Waals surface area contributed by atoms with Crippen LogP contribution in [0.1, 0.15) is 36.0 Å². The lowest BCUT2D eigenvalue weighted by Crippen LogP contribution is -2.43. The summed E-state index contributed by atoms with van der Waals surface area (Å²) in [4.78, 5) is 14.1. The first kappa shape index (κ1) is 16.7. The third kappa shape index (κ3) is 4.42. The number of nitrogens with zero attached hydrogens (tertiary/aromatic N) is 1. The zero-order valence-electron chi connectivity index (χ0n) is 12.6. The number of rotatable bonds is 6. The van der Waals surface area contributed by atoms with E-state index in [1.807, 2.05) is 0 Å². The van der Waals surface area contributed by atoms with E-state index in [2.05, 4.69) is 10.2 Å². The molecule has 1 aromatic carbocycles. The van der Waals surface area contributed by atoms with Crippen molar-refractivity contribution in [2.45, 2.75) is 31.7 Å². The van der Waals surface area contributed by atoms with Gasteiger partial charge in [-0.25, -0.2) is 4.39 Å². The van der Waals surface area contributed by atoms with Crippen molar-refractivity contribution in [2.75, 3.05) is 26.2 Å². The van der Waals surface area contributed by atoms with Crippen molar-refractivity contribution >= 4 is 5.91 Å². The average molecular weight is 310 g/mol. The second kappa shape index (κ2) is 8.10. The second-order valence-electron chi connectivity index (χ2n) is 5.64. The fourth-order valence-electron chi connectivity index (χ4n) is 2.80. The molecular formula is C16H23FN2O3. The van der Waals surface area contributed by atoms with Crippen molar-refractivity contribution in [3.8, 4) is 5.75 Å². The molecule has 6 heteroatoms. The third-order valence-electron chi connectivity index (χ3n) is 4.08. The second-order valence-corrected chi connectivity index (χ2v) is 5.64. The number of aliphatic hydroxyl groups is 1. The van der Waals surface area contributed by atoms with Gasteiger partial charge in [0.1, 0.15) is 0 Å². The predicted molar refractivity (Wildman–Crippen MR) is 81.3 cm³/mol. The zero-order chi connectivity index (χ0) is 15.9. The summed E-state index contributed by atoms with van der Waals surface area (Å²) >= 11 is 0. The molecule has 2 rings (SSSR count).